The van der Waals surface area contributed by atoms with E-state index < -0.39 is 0 Å². The van der Waals surface area contributed by atoms with Crippen LogP contribution in [0.5, 0.6) is 0 Å². The van der Waals surface area contributed by atoms with Gasteiger partial charge in [0.15, 0.2) is 0 Å². The molecule has 1 aliphatic heterocycles. The molecule has 4 heteroatoms. The fourth-order valence-corrected chi connectivity index (χ4v) is 2.67. The molecule has 1 aliphatic rings. The summed E-state index contributed by atoms with van der Waals surface area (Å²) < 4.78 is 0. The summed E-state index contributed by atoms with van der Waals surface area (Å²) in [6, 6.07) is 8.72. The summed E-state index contributed by atoms with van der Waals surface area (Å²) in [5, 5.41) is 4.17. The van der Waals surface area contributed by atoms with Crippen LogP contribution in [0.2, 0.25) is 0 Å². The smallest absolute Gasteiger partial charge is 0.227 e. The van der Waals surface area contributed by atoms with Crippen molar-refractivity contribution in [2.45, 2.75) is 38.0 Å². The zero-order valence-electron chi connectivity index (χ0n) is 12.6. The lowest BCUT2D eigenvalue weighted by Crippen LogP contribution is -2.26. The van der Waals surface area contributed by atoms with Crippen LogP contribution in [0.4, 0.5) is 5.69 Å². The highest BCUT2D eigenvalue weighted by molar-refractivity contribution is 7.99. The summed E-state index contributed by atoms with van der Waals surface area (Å²) in [6.45, 7) is 6.28. The third-order valence-electron chi connectivity index (χ3n) is 3.89. The molecule has 110 valence electrons. The van der Waals surface area contributed by atoms with Crippen molar-refractivity contribution in [3.05, 3.63) is 29.8 Å². The molecule has 1 aromatic carbocycles. The maximum Gasteiger partial charge on any atom is 0.227 e. The van der Waals surface area contributed by atoms with Crippen LogP contribution >= 0.6 is 11.8 Å². The van der Waals surface area contributed by atoms with Gasteiger partial charge in [-0.15, -0.1) is 0 Å². The van der Waals surface area contributed by atoms with Gasteiger partial charge in [0.1, 0.15) is 0 Å². The standard InChI is InChI=1S/C16H24N2OS/c1-12(20-3)11-17-13(2)14-6-8-15(9-7-14)18-10-4-5-16(18)19/h6-9,12-13,17H,4-5,10-11H2,1-3H3/t12-,13+/m0/s1. The van der Waals surface area contributed by atoms with Crippen molar-refractivity contribution >= 4 is 23.4 Å². The molecule has 0 unspecified atom stereocenters. The van der Waals surface area contributed by atoms with Crippen LogP contribution in [0.25, 0.3) is 0 Å². The average molecular weight is 292 g/mol. The Labute approximate surface area is 126 Å². The number of hydrogen-bond donors (Lipinski definition) is 1. The van der Waals surface area contributed by atoms with Gasteiger partial charge in [-0.05, 0) is 37.3 Å². The molecule has 0 radical (unpaired) electrons. The van der Waals surface area contributed by atoms with Crippen molar-refractivity contribution < 1.29 is 4.79 Å². The Morgan fingerprint density at radius 2 is 2.00 bits per heavy atom. The van der Waals surface area contributed by atoms with Crippen LogP contribution < -0.4 is 10.2 Å². The Morgan fingerprint density at radius 3 is 2.55 bits per heavy atom. The lowest BCUT2D eigenvalue weighted by molar-refractivity contribution is -0.117. The van der Waals surface area contributed by atoms with E-state index in [-0.39, 0.29) is 5.91 Å². The monoisotopic (exact) mass is 292 g/mol. The Balaban J connectivity index is 1.95. The normalized spacial score (nSPS) is 18.4. The van der Waals surface area contributed by atoms with Gasteiger partial charge in [-0.2, -0.15) is 11.8 Å². The molecule has 3 nitrogen and oxygen atoms in total. The van der Waals surface area contributed by atoms with E-state index in [0.717, 1.165) is 25.2 Å². The first-order chi connectivity index (χ1) is 9.61. The second-order valence-electron chi connectivity index (χ2n) is 5.42. The molecule has 2 rings (SSSR count). The molecule has 0 bridgehead atoms. The molecule has 1 heterocycles. The maximum atomic E-state index is 11.7. The topological polar surface area (TPSA) is 32.3 Å². The summed E-state index contributed by atoms with van der Waals surface area (Å²) in [7, 11) is 0. The van der Waals surface area contributed by atoms with Crippen molar-refractivity contribution in [3.8, 4) is 0 Å². The quantitative estimate of drug-likeness (QED) is 0.874. The van der Waals surface area contributed by atoms with E-state index in [4.69, 9.17) is 0 Å². The van der Waals surface area contributed by atoms with Crippen LogP contribution in [0.3, 0.4) is 0 Å². The predicted octanol–water partition coefficient (Wildman–Crippen LogP) is 3.22. The summed E-state index contributed by atoms with van der Waals surface area (Å²) in [4.78, 5) is 13.6. The number of nitrogens with zero attached hydrogens (tertiary/aromatic N) is 1. The molecule has 2 atom stereocenters. The molecule has 1 saturated heterocycles. The minimum Gasteiger partial charge on any atom is -0.312 e. The van der Waals surface area contributed by atoms with E-state index in [9.17, 15) is 4.79 Å². The summed E-state index contributed by atoms with van der Waals surface area (Å²) in [5.41, 5.74) is 2.30. The van der Waals surface area contributed by atoms with Crippen LogP contribution in [-0.4, -0.2) is 30.5 Å². The third kappa shape index (κ3) is 3.76. The first kappa shape index (κ1) is 15.4. The number of amides is 1. The Kier molecular flexibility index (Phi) is 5.49. The molecular formula is C16H24N2OS. The van der Waals surface area contributed by atoms with E-state index in [0.29, 0.717) is 17.7 Å². The van der Waals surface area contributed by atoms with Crippen molar-refractivity contribution in [1.82, 2.24) is 5.32 Å². The van der Waals surface area contributed by atoms with Gasteiger partial charge in [0.2, 0.25) is 5.91 Å². The Bertz CT molecular complexity index is 446. The Morgan fingerprint density at radius 1 is 1.30 bits per heavy atom. The van der Waals surface area contributed by atoms with E-state index >= 15 is 0 Å². The Hall–Kier alpha value is -1.00. The van der Waals surface area contributed by atoms with Gasteiger partial charge in [0.05, 0.1) is 0 Å². The first-order valence-corrected chi connectivity index (χ1v) is 8.57. The molecule has 1 aromatic rings. The number of thioether (sulfide) groups is 1. The molecular weight excluding hydrogens is 268 g/mol. The molecule has 0 saturated carbocycles. The van der Waals surface area contributed by atoms with Crippen molar-refractivity contribution in [1.29, 1.82) is 0 Å². The fraction of sp³-hybridized carbons (Fsp3) is 0.562. The molecule has 0 aromatic heterocycles. The van der Waals surface area contributed by atoms with Crippen molar-refractivity contribution in [3.63, 3.8) is 0 Å². The molecule has 1 amide bonds. The molecule has 1 fully saturated rings. The number of benzene rings is 1. The number of nitrogens with one attached hydrogen (secondary N) is 1. The summed E-state index contributed by atoms with van der Waals surface area (Å²) in [6.07, 6.45) is 3.80. The second-order valence-corrected chi connectivity index (χ2v) is 6.69. The van der Waals surface area contributed by atoms with Gasteiger partial charge in [0, 0.05) is 36.5 Å². The minimum absolute atomic E-state index is 0.248. The van der Waals surface area contributed by atoms with E-state index in [1.165, 1.54) is 5.56 Å². The number of carbonyl (C=O) groups is 1. The molecule has 0 spiro atoms. The number of hydrogen-bond acceptors (Lipinski definition) is 3. The molecule has 1 N–H and O–H groups in total. The summed E-state index contributed by atoms with van der Waals surface area (Å²) >= 11 is 1.87. The van der Waals surface area contributed by atoms with Gasteiger partial charge in [-0.1, -0.05) is 19.1 Å². The second kappa shape index (κ2) is 7.14. The summed E-state index contributed by atoms with van der Waals surface area (Å²) in [5.74, 6) is 0.248. The van der Waals surface area contributed by atoms with Crippen LogP contribution in [-0.2, 0) is 4.79 Å². The van der Waals surface area contributed by atoms with Gasteiger partial charge >= 0.3 is 0 Å². The van der Waals surface area contributed by atoms with Crippen LogP contribution in [0.15, 0.2) is 24.3 Å². The zero-order valence-corrected chi connectivity index (χ0v) is 13.4. The average Bonchev–Trinajstić information content (AvgIpc) is 2.90. The zero-order chi connectivity index (χ0) is 14.5. The third-order valence-corrected chi connectivity index (χ3v) is 4.86. The highest BCUT2D eigenvalue weighted by Crippen LogP contribution is 2.23. The lowest BCUT2D eigenvalue weighted by atomic mass is 10.1. The van der Waals surface area contributed by atoms with Crippen LogP contribution in [0.1, 0.15) is 38.3 Å². The number of rotatable bonds is 6. The van der Waals surface area contributed by atoms with Crippen molar-refractivity contribution in [2.75, 3.05) is 24.2 Å². The number of carbonyl (C=O) groups excluding carboxylic acids is 1. The van der Waals surface area contributed by atoms with Gasteiger partial charge in [-0.3, -0.25) is 4.79 Å². The highest BCUT2D eigenvalue weighted by atomic mass is 32.2. The fourth-order valence-electron chi connectivity index (χ4n) is 2.41. The SMILES string of the molecule is CS[C@@H](C)CN[C@H](C)c1ccc(N2CCCC2=O)cc1. The van der Waals surface area contributed by atoms with Crippen LogP contribution in [0, 0.1) is 0 Å². The van der Waals surface area contributed by atoms with E-state index in [1.54, 1.807) is 0 Å². The van der Waals surface area contributed by atoms with E-state index in [2.05, 4.69) is 49.7 Å². The predicted molar refractivity (Wildman–Crippen MR) is 87.4 cm³/mol. The highest BCUT2D eigenvalue weighted by Gasteiger charge is 2.21. The van der Waals surface area contributed by atoms with Gasteiger partial charge in [0.25, 0.3) is 0 Å². The molecule has 0 aliphatic carbocycles. The lowest BCUT2D eigenvalue weighted by Gasteiger charge is -2.19. The molecule has 20 heavy (non-hydrogen) atoms. The van der Waals surface area contributed by atoms with E-state index in [1.807, 2.05) is 16.7 Å². The minimum atomic E-state index is 0.248. The van der Waals surface area contributed by atoms with Gasteiger partial charge in [-0.25, -0.2) is 0 Å². The number of anilines is 1. The largest absolute Gasteiger partial charge is 0.312 e. The van der Waals surface area contributed by atoms with Gasteiger partial charge < -0.3 is 10.2 Å². The first-order valence-electron chi connectivity index (χ1n) is 7.28. The van der Waals surface area contributed by atoms with Crippen molar-refractivity contribution in [2.24, 2.45) is 0 Å². The maximum absolute atomic E-state index is 11.7.